The number of halogens is 1. The van der Waals surface area contributed by atoms with Gasteiger partial charge in [-0.15, -0.1) is 0 Å². The Kier molecular flexibility index (Phi) is 2.83. The summed E-state index contributed by atoms with van der Waals surface area (Å²) in [5.74, 6) is 1.26. The fourth-order valence-corrected chi connectivity index (χ4v) is 3.82. The number of fused-ring (bicyclic) bond motifs is 1. The van der Waals surface area contributed by atoms with Crippen LogP contribution in [0.1, 0.15) is 44.5 Å². The topological polar surface area (TPSA) is 29.9 Å². The summed E-state index contributed by atoms with van der Waals surface area (Å²) in [5, 5.41) is 4.36. The van der Waals surface area contributed by atoms with Crippen LogP contribution < -0.4 is 5.32 Å². The molecule has 1 atom stereocenters. The Morgan fingerprint density at radius 3 is 2.95 bits per heavy atom. The molecule has 106 valence electrons. The highest BCUT2D eigenvalue weighted by Gasteiger charge is 2.41. The van der Waals surface area contributed by atoms with Crippen LogP contribution in [0.5, 0.6) is 0 Å². The lowest BCUT2D eigenvalue weighted by Crippen LogP contribution is -2.31. The number of rotatable bonds is 3. The molecule has 4 heteroatoms. The summed E-state index contributed by atoms with van der Waals surface area (Å²) in [7, 11) is 0. The van der Waals surface area contributed by atoms with E-state index in [0.717, 1.165) is 35.6 Å². The third-order valence-electron chi connectivity index (χ3n) is 4.97. The second-order valence-corrected chi connectivity index (χ2v) is 6.61. The summed E-state index contributed by atoms with van der Waals surface area (Å²) in [5.41, 5.74) is 2.39. The van der Waals surface area contributed by atoms with Crippen LogP contribution in [-0.2, 0) is 5.41 Å². The molecule has 3 nitrogen and oxygen atoms in total. The van der Waals surface area contributed by atoms with Gasteiger partial charge in [0.1, 0.15) is 5.82 Å². The van der Waals surface area contributed by atoms with Crippen LogP contribution in [-0.4, -0.2) is 22.6 Å². The number of nitrogens with one attached hydrogen (secondary N) is 1. The van der Waals surface area contributed by atoms with E-state index < -0.39 is 0 Å². The van der Waals surface area contributed by atoms with Crippen molar-refractivity contribution >= 4 is 22.6 Å². The van der Waals surface area contributed by atoms with Crippen molar-refractivity contribution in [3.63, 3.8) is 0 Å². The van der Waals surface area contributed by atoms with Crippen molar-refractivity contribution in [3.05, 3.63) is 29.0 Å². The predicted molar refractivity (Wildman–Crippen MR) is 82.5 cm³/mol. The average Bonchev–Trinajstić information content (AvgIpc) is 3.04. The number of imidazole rings is 1. The Bertz CT molecular complexity index is 651. The van der Waals surface area contributed by atoms with E-state index in [9.17, 15) is 0 Å². The number of benzene rings is 1. The lowest BCUT2D eigenvalue weighted by atomic mass is 9.83. The first-order valence-corrected chi connectivity index (χ1v) is 8.00. The van der Waals surface area contributed by atoms with E-state index in [2.05, 4.69) is 22.9 Å². The minimum atomic E-state index is 0.185. The normalized spacial score (nSPS) is 26.5. The zero-order valence-corrected chi connectivity index (χ0v) is 12.6. The zero-order valence-electron chi connectivity index (χ0n) is 11.8. The van der Waals surface area contributed by atoms with E-state index in [4.69, 9.17) is 16.6 Å². The molecule has 1 aliphatic carbocycles. The van der Waals surface area contributed by atoms with Crippen LogP contribution in [0.4, 0.5) is 0 Å². The molecule has 1 unspecified atom stereocenters. The largest absolute Gasteiger partial charge is 0.323 e. The quantitative estimate of drug-likeness (QED) is 0.934. The van der Waals surface area contributed by atoms with Crippen molar-refractivity contribution in [2.24, 2.45) is 0 Å². The summed E-state index contributed by atoms with van der Waals surface area (Å²) in [6.45, 7) is 4.41. The number of aromatic nitrogens is 2. The molecule has 0 amide bonds. The summed E-state index contributed by atoms with van der Waals surface area (Å²) in [6.07, 6.45) is 4.83. The van der Waals surface area contributed by atoms with Crippen LogP contribution in [0.2, 0.25) is 5.02 Å². The Labute approximate surface area is 124 Å². The van der Waals surface area contributed by atoms with Crippen molar-refractivity contribution in [1.29, 1.82) is 0 Å². The number of para-hydroxylation sites is 1. The van der Waals surface area contributed by atoms with Crippen molar-refractivity contribution in [3.8, 4) is 0 Å². The second-order valence-electron chi connectivity index (χ2n) is 6.20. The third kappa shape index (κ3) is 1.73. The molecule has 1 aromatic carbocycles. The summed E-state index contributed by atoms with van der Waals surface area (Å²) in [6, 6.07) is 6.69. The summed E-state index contributed by atoms with van der Waals surface area (Å²) < 4.78 is 2.45. The molecule has 0 bridgehead atoms. The highest BCUT2D eigenvalue weighted by molar-refractivity contribution is 6.35. The number of hydrogen-bond acceptors (Lipinski definition) is 2. The van der Waals surface area contributed by atoms with Gasteiger partial charge in [-0.2, -0.15) is 0 Å². The molecule has 4 rings (SSSR count). The lowest BCUT2D eigenvalue weighted by Gasteiger charge is -2.27. The van der Waals surface area contributed by atoms with Gasteiger partial charge in [0.15, 0.2) is 0 Å². The van der Waals surface area contributed by atoms with Gasteiger partial charge in [-0.1, -0.05) is 24.6 Å². The van der Waals surface area contributed by atoms with Gasteiger partial charge in [0.25, 0.3) is 0 Å². The minimum absolute atomic E-state index is 0.185. The molecule has 2 aromatic rings. The average molecular weight is 290 g/mol. The van der Waals surface area contributed by atoms with Gasteiger partial charge in [0.2, 0.25) is 0 Å². The lowest BCUT2D eigenvalue weighted by molar-refractivity contribution is 0.406. The summed E-state index contributed by atoms with van der Waals surface area (Å²) in [4.78, 5) is 5.00. The van der Waals surface area contributed by atoms with Crippen LogP contribution in [0.25, 0.3) is 11.0 Å². The Morgan fingerprint density at radius 1 is 1.45 bits per heavy atom. The van der Waals surface area contributed by atoms with Crippen molar-refractivity contribution in [2.45, 2.75) is 44.1 Å². The Morgan fingerprint density at radius 2 is 2.30 bits per heavy atom. The van der Waals surface area contributed by atoms with Gasteiger partial charge >= 0.3 is 0 Å². The molecular weight excluding hydrogens is 270 g/mol. The van der Waals surface area contributed by atoms with E-state index in [-0.39, 0.29) is 5.41 Å². The van der Waals surface area contributed by atoms with Gasteiger partial charge in [-0.3, -0.25) is 0 Å². The molecule has 1 saturated heterocycles. The molecule has 20 heavy (non-hydrogen) atoms. The molecule has 0 radical (unpaired) electrons. The highest BCUT2D eigenvalue weighted by atomic mass is 35.5. The Balaban J connectivity index is 1.99. The van der Waals surface area contributed by atoms with Crippen LogP contribution in [0, 0.1) is 0 Å². The van der Waals surface area contributed by atoms with E-state index in [1.54, 1.807) is 0 Å². The zero-order chi connectivity index (χ0) is 13.7. The van der Waals surface area contributed by atoms with E-state index >= 15 is 0 Å². The Hall–Kier alpha value is -1.06. The maximum absolute atomic E-state index is 6.47. The molecule has 1 saturated carbocycles. The number of hydrogen-bond donors (Lipinski definition) is 1. The molecule has 1 aliphatic heterocycles. The van der Waals surface area contributed by atoms with Crippen molar-refractivity contribution in [1.82, 2.24) is 14.9 Å². The maximum Gasteiger partial charge on any atom is 0.117 e. The van der Waals surface area contributed by atoms with Crippen molar-refractivity contribution in [2.75, 3.05) is 13.1 Å². The monoisotopic (exact) mass is 289 g/mol. The van der Waals surface area contributed by atoms with Gasteiger partial charge in [0, 0.05) is 18.0 Å². The second kappa shape index (κ2) is 4.47. The summed E-state index contributed by atoms with van der Waals surface area (Å²) >= 11 is 6.47. The molecule has 0 spiro atoms. The maximum atomic E-state index is 6.47. The SMILES string of the molecule is CCC1(c2nc3cccc(Cl)c3n2C2CC2)CCNC1. The molecular formula is C16H20ClN3. The first-order chi connectivity index (χ1) is 9.75. The van der Waals surface area contributed by atoms with E-state index in [1.165, 1.54) is 25.1 Å². The first kappa shape index (κ1) is 12.7. The van der Waals surface area contributed by atoms with Crippen LogP contribution in [0.3, 0.4) is 0 Å². The van der Waals surface area contributed by atoms with E-state index in [1.807, 2.05) is 12.1 Å². The first-order valence-electron chi connectivity index (χ1n) is 7.63. The smallest absolute Gasteiger partial charge is 0.117 e. The minimum Gasteiger partial charge on any atom is -0.323 e. The fraction of sp³-hybridized carbons (Fsp3) is 0.562. The van der Waals surface area contributed by atoms with Gasteiger partial charge < -0.3 is 9.88 Å². The van der Waals surface area contributed by atoms with Crippen LogP contribution in [0.15, 0.2) is 18.2 Å². The molecule has 1 aromatic heterocycles. The standard InChI is InChI=1S/C16H20ClN3/c1-2-16(8-9-18-10-16)15-19-13-5-3-4-12(17)14(13)20(15)11-6-7-11/h3-5,11,18H,2,6-10H2,1H3. The predicted octanol–water partition coefficient (Wildman–Crippen LogP) is 3.67. The number of nitrogens with zero attached hydrogens (tertiary/aromatic N) is 2. The van der Waals surface area contributed by atoms with Crippen LogP contribution >= 0.6 is 11.6 Å². The van der Waals surface area contributed by atoms with Gasteiger partial charge in [0.05, 0.1) is 16.1 Å². The van der Waals surface area contributed by atoms with E-state index in [0.29, 0.717) is 6.04 Å². The van der Waals surface area contributed by atoms with Crippen molar-refractivity contribution < 1.29 is 0 Å². The molecule has 1 N–H and O–H groups in total. The molecule has 2 fully saturated rings. The molecule has 2 heterocycles. The highest BCUT2D eigenvalue weighted by Crippen LogP contribution is 2.45. The fourth-order valence-electron chi connectivity index (χ4n) is 3.56. The molecule has 2 aliphatic rings. The third-order valence-corrected chi connectivity index (χ3v) is 5.27. The van der Waals surface area contributed by atoms with Gasteiger partial charge in [-0.05, 0) is 44.4 Å². The van der Waals surface area contributed by atoms with Gasteiger partial charge in [-0.25, -0.2) is 4.98 Å².